The zero-order valence-corrected chi connectivity index (χ0v) is 13.4. The van der Waals surface area contributed by atoms with Gasteiger partial charge in [0.2, 0.25) is 0 Å². The zero-order chi connectivity index (χ0) is 15.0. The quantitative estimate of drug-likeness (QED) is 0.757. The monoisotopic (exact) mass is 324 g/mol. The van der Waals surface area contributed by atoms with Gasteiger partial charge < -0.3 is 19.7 Å². The van der Waals surface area contributed by atoms with Gasteiger partial charge in [0, 0.05) is 19.6 Å². The molecule has 4 nitrogen and oxygen atoms in total. The molecule has 0 saturated heterocycles. The van der Waals surface area contributed by atoms with Gasteiger partial charge in [-0.05, 0) is 38.7 Å². The van der Waals surface area contributed by atoms with Crippen LogP contribution in [0.1, 0.15) is 12.5 Å². The molecule has 0 bridgehead atoms. The summed E-state index contributed by atoms with van der Waals surface area (Å²) in [6.45, 7) is 1.86. The van der Waals surface area contributed by atoms with Crippen molar-refractivity contribution >= 4 is 12.4 Å². The summed E-state index contributed by atoms with van der Waals surface area (Å²) in [5.74, 6) is 0.427. The summed E-state index contributed by atoms with van der Waals surface area (Å²) in [6, 6.07) is 5.05. The molecule has 0 radical (unpaired) electrons. The molecule has 0 fully saturated rings. The fourth-order valence-electron chi connectivity index (χ4n) is 1.81. The van der Waals surface area contributed by atoms with E-state index in [4.69, 9.17) is 4.74 Å². The van der Waals surface area contributed by atoms with E-state index in [9.17, 15) is 8.78 Å². The molecule has 0 amide bonds. The van der Waals surface area contributed by atoms with Crippen LogP contribution in [0, 0.1) is 0 Å². The van der Waals surface area contributed by atoms with Gasteiger partial charge in [-0.3, -0.25) is 0 Å². The van der Waals surface area contributed by atoms with Crippen molar-refractivity contribution in [2.75, 3.05) is 33.8 Å². The fourth-order valence-corrected chi connectivity index (χ4v) is 1.81. The largest absolute Gasteiger partial charge is 0.490 e. The lowest BCUT2D eigenvalue weighted by atomic mass is 10.2. The van der Waals surface area contributed by atoms with E-state index in [1.165, 1.54) is 6.07 Å². The van der Waals surface area contributed by atoms with Crippen molar-refractivity contribution in [1.82, 2.24) is 10.2 Å². The van der Waals surface area contributed by atoms with Crippen molar-refractivity contribution in [3.63, 3.8) is 0 Å². The van der Waals surface area contributed by atoms with E-state index < -0.39 is 6.61 Å². The molecule has 0 unspecified atom stereocenters. The molecule has 1 rings (SSSR count). The Morgan fingerprint density at radius 1 is 1.29 bits per heavy atom. The maximum atomic E-state index is 12.3. The Balaban J connectivity index is 0.00000400. The Bertz CT molecular complexity index is 409. The van der Waals surface area contributed by atoms with Crippen LogP contribution in [0.3, 0.4) is 0 Å². The lowest BCUT2D eigenvalue weighted by molar-refractivity contribution is -0.0514. The topological polar surface area (TPSA) is 33.7 Å². The van der Waals surface area contributed by atoms with Crippen molar-refractivity contribution in [3.05, 3.63) is 23.8 Å². The van der Waals surface area contributed by atoms with Gasteiger partial charge in [-0.15, -0.1) is 12.4 Å². The molecule has 0 aliphatic carbocycles. The number of likely N-dealkylation sites (N-methyl/N-ethyl adjacent to an activating group) is 2. The van der Waals surface area contributed by atoms with Gasteiger partial charge in [0.05, 0.1) is 6.61 Å². The lowest BCUT2D eigenvalue weighted by Crippen LogP contribution is -2.26. The third-order valence-electron chi connectivity index (χ3n) is 2.72. The van der Waals surface area contributed by atoms with Crippen molar-refractivity contribution in [2.45, 2.75) is 20.1 Å². The molecule has 21 heavy (non-hydrogen) atoms. The molecule has 7 heteroatoms. The minimum atomic E-state index is -2.85. The molecule has 1 N–H and O–H groups in total. The predicted octanol–water partition coefficient (Wildman–Crippen LogP) is 2.76. The van der Waals surface area contributed by atoms with E-state index in [0.29, 0.717) is 12.4 Å². The normalized spacial score (nSPS) is 10.6. The highest BCUT2D eigenvalue weighted by Gasteiger charge is 2.12. The number of hydrogen-bond donors (Lipinski definition) is 1. The molecule has 0 heterocycles. The summed E-state index contributed by atoms with van der Waals surface area (Å²) < 4.78 is 34.4. The SMILES string of the molecule is CCOc1cc(CN(C)CCNC)ccc1OC(F)F.Cl. The summed E-state index contributed by atoms with van der Waals surface area (Å²) in [7, 11) is 3.90. The summed E-state index contributed by atoms with van der Waals surface area (Å²) in [5.41, 5.74) is 0.994. The third-order valence-corrected chi connectivity index (χ3v) is 2.72. The van der Waals surface area contributed by atoms with Crippen LogP contribution in [0.2, 0.25) is 0 Å². The van der Waals surface area contributed by atoms with Gasteiger partial charge in [-0.25, -0.2) is 0 Å². The van der Waals surface area contributed by atoms with E-state index >= 15 is 0 Å². The molecule has 0 saturated carbocycles. The van der Waals surface area contributed by atoms with E-state index in [-0.39, 0.29) is 18.2 Å². The second-order valence-electron chi connectivity index (χ2n) is 4.43. The molecule has 1 aromatic carbocycles. The standard InChI is InChI=1S/C14H22F2N2O2.ClH/c1-4-19-13-9-11(10-18(3)8-7-17-2)5-6-12(13)20-14(15)16;/h5-6,9,14,17H,4,7-8,10H2,1-3H3;1H. The molecule has 0 atom stereocenters. The Kier molecular flexibility index (Phi) is 10.0. The van der Waals surface area contributed by atoms with Crippen LogP contribution < -0.4 is 14.8 Å². The number of alkyl halides is 2. The van der Waals surface area contributed by atoms with E-state index in [2.05, 4.69) is 15.0 Å². The molecule has 0 aromatic heterocycles. The first kappa shape index (κ1) is 19.9. The minimum absolute atomic E-state index is 0. The highest BCUT2D eigenvalue weighted by molar-refractivity contribution is 5.85. The third kappa shape index (κ3) is 7.45. The maximum Gasteiger partial charge on any atom is 0.387 e. The average molecular weight is 325 g/mol. The highest BCUT2D eigenvalue weighted by Crippen LogP contribution is 2.30. The Labute approximate surface area is 130 Å². The zero-order valence-electron chi connectivity index (χ0n) is 12.6. The minimum Gasteiger partial charge on any atom is -0.490 e. The molecular formula is C14H23ClF2N2O2. The number of hydrogen-bond acceptors (Lipinski definition) is 4. The Morgan fingerprint density at radius 3 is 2.57 bits per heavy atom. The molecule has 0 spiro atoms. The summed E-state index contributed by atoms with van der Waals surface area (Å²) >= 11 is 0. The van der Waals surface area contributed by atoms with Gasteiger partial charge in [-0.2, -0.15) is 8.78 Å². The van der Waals surface area contributed by atoms with Crippen LogP contribution in [-0.4, -0.2) is 45.3 Å². The van der Waals surface area contributed by atoms with Crippen molar-refractivity contribution < 1.29 is 18.3 Å². The number of nitrogens with one attached hydrogen (secondary N) is 1. The van der Waals surface area contributed by atoms with Crippen molar-refractivity contribution in [1.29, 1.82) is 0 Å². The van der Waals surface area contributed by atoms with E-state index in [0.717, 1.165) is 25.2 Å². The first-order valence-corrected chi connectivity index (χ1v) is 6.60. The van der Waals surface area contributed by atoms with Crippen molar-refractivity contribution in [2.24, 2.45) is 0 Å². The number of ether oxygens (including phenoxy) is 2. The van der Waals surface area contributed by atoms with Crippen LogP contribution in [0.25, 0.3) is 0 Å². The number of rotatable bonds is 9. The summed E-state index contributed by atoms with van der Waals surface area (Å²) in [6.07, 6.45) is 0. The second-order valence-corrected chi connectivity index (χ2v) is 4.43. The molecule has 1 aromatic rings. The van der Waals surface area contributed by atoms with Gasteiger partial charge in [0.1, 0.15) is 0 Å². The van der Waals surface area contributed by atoms with Gasteiger partial charge in [-0.1, -0.05) is 6.07 Å². The van der Waals surface area contributed by atoms with Gasteiger partial charge >= 0.3 is 6.61 Å². The predicted molar refractivity (Wildman–Crippen MR) is 81.8 cm³/mol. The lowest BCUT2D eigenvalue weighted by Gasteiger charge is -2.18. The van der Waals surface area contributed by atoms with Crippen molar-refractivity contribution in [3.8, 4) is 11.5 Å². The van der Waals surface area contributed by atoms with Crippen LogP contribution in [0.4, 0.5) is 8.78 Å². The molecular weight excluding hydrogens is 302 g/mol. The fraction of sp³-hybridized carbons (Fsp3) is 0.571. The van der Waals surface area contributed by atoms with E-state index in [1.807, 2.05) is 14.1 Å². The number of nitrogens with zero attached hydrogens (tertiary/aromatic N) is 1. The second kappa shape index (κ2) is 10.6. The summed E-state index contributed by atoms with van der Waals surface area (Å²) in [4.78, 5) is 2.13. The maximum absolute atomic E-state index is 12.3. The van der Waals surface area contributed by atoms with Crippen LogP contribution in [0.15, 0.2) is 18.2 Å². The van der Waals surface area contributed by atoms with E-state index in [1.54, 1.807) is 19.1 Å². The number of benzene rings is 1. The first-order chi connectivity index (χ1) is 9.56. The Morgan fingerprint density at radius 2 is 2.00 bits per heavy atom. The van der Waals surface area contributed by atoms with Crippen LogP contribution in [0.5, 0.6) is 11.5 Å². The smallest absolute Gasteiger partial charge is 0.387 e. The molecule has 0 aliphatic heterocycles. The van der Waals surface area contributed by atoms with Crippen LogP contribution in [-0.2, 0) is 6.54 Å². The van der Waals surface area contributed by atoms with Gasteiger partial charge in [0.25, 0.3) is 0 Å². The molecule has 122 valence electrons. The van der Waals surface area contributed by atoms with Gasteiger partial charge in [0.15, 0.2) is 11.5 Å². The molecule has 0 aliphatic rings. The highest BCUT2D eigenvalue weighted by atomic mass is 35.5. The first-order valence-electron chi connectivity index (χ1n) is 6.60. The van der Waals surface area contributed by atoms with Crippen LogP contribution >= 0.6 is 12.4 Å². The number of halogens is 3. The Hall–Kier alpha value is -1.11. The average Bonchev–Trinajstić information content (AvgIpc) is 2.39. The summed E-state index contributed by atoms with van der Waals surface area (Å²) in [5, 5.41) is 3.08.